The third kappa shape index (κ3) is 6.79. The second kappa shape index (κ2) is 16.7. The fraction of sp³-hybridized carbons (Fsp3) is 0.220. The molecule has 5 aromatic carbocycles. The zero-order valence-electron chi connectivity index (χ0n) is 34.8. The number of nitrogens with zero attached hydrogens (tertiary/aromatic N) is 2. The number of anilines is 2. The fourth-order valence-electron chi connectivity index (χ4n) is 10.1. The van der Waals surface area contributed by atoms with Crippen LogP contribution in [0.3, 0.4) is 0 Å². The summed E-state index contributed by atoms with van der Waals surface area (Å²) < 4.78 is 16.4. The lowest BCUT2D eigenvalue weighted by molar-refractivity contribution is -0.139. The van der Waals surface area contributed by atoms with Crippen LogP contribution in [-0.2, 0) is 24.6 Å². The van der Waals surface area contributed by atoms with Crippen LogP contribution in [-0.4, -0.2) is 60.9 Å². The van der Waals surface area contributed by atoms with E-state index in [1.807, 2.05) is 18.2 Å². The first-order valence-electron chi connectivity index (χ1n) is 20.6. The number of hydrazine groups is 1. The number of nitrogens with one attached hydrogen (secondary N) is 1. The highest BCUT2D eigenvalue weighted by molar-refractivity contribution is 6.36. The van der Waals surface area contributed by atoms with E-state index in [0.717, 1.165) is 10.6 Å². The Morgan fingerprint density at radius 2 is 1.45 bits per heavy atom. The summed E-state index contributed by atoms with van der Waals surface area (Å²) in [6.45, 7) is 0. The summed E-state index contributed by atoms with van der Waals surface area (Å²) in [5, 5.41) is 12.3. The number of phenols is 1. The number of carbonyl (C=O) groups is 5. The number of carbonyl (C=O) groups excluding carboxylic acids is 5. The molecule has 64 heavy (non-hydrogen) atoms. The van der Waals surface area contributed by atoms with Gasteiger partial charge >= 0.3 is 0 Å². The Bertz CT molecular complexity index is 2770. The van der Waals surface area contributed by atoms with E-state index in [4.69, 9.17) is 37.4 Å². The Hall–Kier alpha value is -6.89. The highest BCUT2D eigenvalue weighted by Gasteiger charge is 2.69. The van der Waals surface area contributed by atoms with Crippen LogP contribution in [0.4, 0.5) is 11.4 Å². The van der Waals surface area contributed by atoms with Gasteiger partial charge in [0.1, 0.15) is 5.75 Å². The largest absolute Gasteiger partial charge is 0.502 e. The van der Waals surface area contributed by atoms with E-state index >= 15 is 9.59 Å². The van der Waals surface area contributed by atoms with Crippen molar-refractivity contribution < 1.29 is 43.3 Å². The Kier molecular flexibility index (Phi) is 11.0. The van der Waals surface area contributed by atoms with E-state index in [0.29, 0.717) is 38.7 Å². The molecular weight excluding hydrogens is 857 g/mol. The molecule has 3 fully saturated rings. The SMILES string of the molecule is COc1ccc([C@@]23C(=O)N(Nc4ccc(Cl)cc4Cl)C(=O)[C@@H]2C[C@@H]2C(=CC[C@@H]4C(=O)N(c5ccc(C(=O)c6ccccc6)cc5)C(=O)[C@@H]42)[C@@H]3C=Cc2cc(OC)c(O)c(OC)c2)cc1. The number of ether oxygens (including phenoxy) is 3. The molecule has 0 radical (unpaired) electrons. The zero-order valence-corrected chi connectivity index (χ0v) is 36.3. The van der Waals surface area contributed by atoms with Gasteiger partial charge in [-0.1, -0.05) is 89.5 Å². The fourth-order valence-corrected chi connectivity index (χ4v) is 10.5. The van der Waals surface area contributed by atoms with E-state index in [2.05, 4.69) is 5.43 Å². The molecule has 0 spiro atoms. The lowest BCUT2D eigenvalue weighted by Gasteiger charge is -2.49. The molecule has 12 nitrogen and oxygen atoms in total. The third-order valence-electron chi connectivity index (χ3n) is 13.0. The topological polar surface area (TPSA) is 152 Å². The van der Waals surface area contributed by atoms with E-state index in [1.165, 1.54) is 32.3 Å². The van der Waals surface area contributed by atoms with Crippen LogP contribution < -0.4 is 24.5 Å². The minimum atomic E-state index is -1.58. The molecule has 0 aromatic heterocycles. The Morgan fingerprint density at radius 1 is 0.781 bits per heavy atom. The molecule has 1 saturated carbocycles. The van der Waals surface area contributed by atoms with Crippen LogP contribution in [0.15, 0.2) is 127 Å². The number of methoxy groups -OCH3 is 3. The van der Waals surface area contributed by atoms with Crippen molar-refractivity contribution in [1.82, 2.24) is 5.01 Å². The molecule has 4 aliphatic rings. The molecule has 14 heteroatoms. The number of hydrogen-bond acceptors (Lipinski definition) is 10. The standard InChI is InChI=1S/C50H41Cl2N3O9/c1-62-33-17-12-30(13-18-33)50-37(21-9-27-23-41(63-2)45(57)42(24-27)64-3)34-19-20-35-43(36(34)26-38(50)47(59)55(49(50)61)53-40-22-14-31(51)25-39(40)52)48(60)54(46(35)58)32-15-10-29(11-16-32)44(56)28-7-5-4-6-8-28/h4-19,21-25,35-38,43,53,57H,20,26H2,1-3H3/t35-,36+,37-,38-,43-,50-/m0/s1. The second-order valence-corrected chi connectivity index (χ2v) is 17.0. The molecule has 324 valence electrons. The zero-order chi connectivity index (χ0) is 45.0. The van der Waals surface area contributed by atoms with Gasteiger partial charge in [0.15, 0.2) is 17.3 Å². The summed E-state index contributed by atoms with van der Waals surface area (Å²) in [6, 6.07) is 30.1. The number of imide groups is 2. The number of aromatic hydroxyl groups is 1. The number of ketones is 1. The maximum absolute atomic E-state index is 15.6. The van der Waals surface area contributed by atoms with Crippen molar-refractivity contribution in [3.63, 3.8) is 0 Å². The van der Waals surface area contributed by atoms with Gasteiger partial charge in [0.25, 0.3) is 11.8 Å². The van der Waals surface area contributed by atoms with Crippen molar-refractivity contribution in [1.29, 1.82) is 0 Å². The number of rotatable bonds is 11. The summed E-state index contributed by atoms with van der Waals surface area (Å²) in [4.78, 5) is 74.3. The molecule has 5 aromatic rings. The van der Waals surface area contributed by atoms with Gasteiger partial charge in [0.05, 0.1) is 60.9 Å². The molecule has 9 rings (SSSR count). The molecule has 0 unspecified atom stereocenters. The van der Waals surface area contributed by atoms with Gasteiger partial charge in [-0.15, -0.1) is 0 Å². The molecule has 2 N–H and O–H groups in total. The van der Waals surface area contributed by atoms with Crippen LogP contribution in [0.5, 0.6) is 23.0 Å². The van der Waals surface area contributed by atoms with E-state index in [9.17, 15) is 19.5 Å². The first kappa shape index (κ1) is 42.4. The van der Waals surface area contributed by atoms with Gasteiger partial charge in [-0.05, 0) is 96.6 Å². The monoisotopic (exact) mass is 897 g/mol. The van der Waals surface area contributed by atoms with E-state index in [-0.39, 0.29) is 52.5 Å². The van der Waals surface area contributed by atoms with Crippen molar-refractivity contribution in [3.05, 3.63) is 159 Å². The van der Waals surface area contributed by atoms with Crippen molar-refractivity contribution >= 4 is 70.1 Å². The van der Waals surface area contributed by atoms with Crippen LogP contribution in [0, 0.1) is 29.6 Å². The van der Waals surface area contributed by atoms with Crippen molar-refractivity contribution in [2.24, 2.45) is 29.6 Å². The Balaban J connectivity index is 1.17. The molecule has 6 atom stereocenters. The van der Waals surface area contributed by atoms with Crippen LogP contribution in [0.1, 0.15) is 39.9 Å². The average molecular weight is 899 g/mol. The molecular formula is C50H41Cl2N3O9. The van der Waals surface area contributed by atoms with Gasteiger partial charge in [-0.2, -0.15) is 5.01 Å². The molecule has 2 saturated heterocycles. The predicted octanol–water partition coefficient (Wildman–Crippen LogP) is 8.69. The molecule has 2 aliphatic carbocycles. The van der Waals surface area contributed by atoms with Gasteiger partial charge in [0.2, 0.25) is 17.6 Å². The lowest BCUT2D eigenvalue weighted by atomic mass is 9.50. The first-order chi connectivity index (χ1) is 30.9. The maximum atomic E-state index is 15.6. The molecule has 4 amide bonds. The number of hydrogen-bond donors (Lipinski definition) is 2. The summed E-state index contributed by atoms with van der Waals surface area (Å²) in [6.07, 6.45) is 5.80. The highest BCUT2D eigenvalue weighted by atomic mass is 35.5. The van der Waals surface area contributed by atoms with E-state index in [1.54, 1.807) is 103 Å². The third-order valence-corrected chi connectivity index (χ3v) is 13.6. The highest BCUT2D eigenvalue weighted by Crippen LogP contribution is 2.62. The normalized spacial score (nSPS) is 23.7. The number of amides is 4. The van der Waals surface area contributed by atoms with E-state index < -0.39 is 52.7 Å². The predicted molar refractivity (Wildman–Crippen MR) is 240 cm³/mol. The van der Waals surface area contributed by atoms with Crippen molar-refractivity contribution in [2.75, 3.05) is 31.7 Å². The summed E-state index contributed by atoms with van der Waals surface area (Å²) in [5.41, 5.74) is 4.72. The second-order valence-electron chi connectivity index (χ2n) is 16.1. The van der Waals surface area contributed by atoms with Gasteiger partial charge in [-0.25, -0.2) is 0 Å². The first-order valence-corrected chi connectivity index (χ1v) is 21.3. The Labute approximate surface area is 378 Å². The van der Waals surface area contributed by atoms with Crippen LogP contribution in [0.25, 0.3) is 6.08 Å². The number of halogens is 2. The number of fused-ring (bicyclic) bond motifs is 4. The molecule has 2 heterocycles. The van der Waals surface area contributed by atoms with Crippen LogP contribution in [0.2, 0.25) is 10.0 Å². The Morgan fingerprint density at radius 3 is 2.09 bits per heavy atom. The van der Waals surface area contributed by atoms with Gasteiger partial charge < -0.3 is 19.3 Å². The summed E-state index contributed by atoms with van der Waals surface area (Å²) in [5.74, 6) is -5.65. The maximum Gasteiger partial charge on any atom is 0.260 e. The summed E-state index contributed by atoms with van der Waals surface area (Å²) in [7, 11) is 4.36. The summed E-state index contributed by atoms with van der Waals surface area (Å²) >= 11 is 12.8. The van der Waals surface area contributed by atoms with Gasteiger partial charge in [0, 0.05) is 22.1 Å². The average Bonchev–Trinajstić information content (AvgIpc) is 3.70. The lowest BCUT2D eigenvalue weighted by Crippen LogP contribution is -2.54. The number of phenolic OH excluding ortho intramolecular Hbond substituents is 1. The van der Waals surface area contributed by atoms with Gasteiger partial charge in [-0.3, -0.25) is 34.3 Å². The number of allylic oxidation sites excluding steroid dienone is 3. The van der Waals surface area contributed by atoms with Crippen molar-refractivity contribution in [2.45, 2.75) is 18.3 Å². The molecule has 2 aliphatic heterocycles. The van der Waals surface area contributed by atoms with Crippen molar-refractivity contribution in [3.8, 4) is 23.0 Å². The smallest absolute Gasteiger partial charge is 0.260 e. The minimum Gasteiger partial charge on any atom is -0.502 e. The van der Waals surface area contributed by atoms with Crippen LogP contribution >= 0.6 is 23.2 Å². The number of benzene rings is 5. The quantitative estimate of drug-likeness (QED) is 0.0749. The minimum absolute atomic E-state index is 0.0543. The molecule has 0 bridgehead atoms.